The van der Waals surface area contributed by atoms with Gasteiger partial charge in [0.1, 0.15) is 11.5 Å². The molecule has 1 aromatic rings. The first-order valence-electron chi connectivity index (χ1n) is 3.57. The number of hydrogen-bond acceptors (Lipinski definition) is 3. The van der Waals surface area contributed by atoms with Gasteiger partial charge in [0.15, 0.2) is 0 Å². The highest BCUT2D eigenvalue weighted by Crippen LogP contribution is 2.08. The Bertz CT molecular complexity index is 237. The summed E-state index contributed by atoms with van der Waals surface area (Å²) in [7, 11) is 0. The van der Waals surface area contributed by atoms with Gasteiger partial charge < -0.3 is 10.3 Å². The molecule has 0 aliphatic heterocycles. The van der Waals surface area contributed by atoms with Gasteiger partial charge in [-0.2, -0.15) is 5.10 Å². The van der Waals surface area contributed by atoms with Crippen LogP contribution >= 0.6 is 0 Å². The second-order valence-electron chi connectivity index (χ2n) is 2.65. The molecule has 60 valence electrons. The maximum Gasteiger partial charge on any atom is 0.150 e. The summed E-state index contributed by atoms with van der Waals surface area (Å²) >= 11 is 0. The van der Waals surface area contributed by atoms with Gasteiger partial charge >= 0.3 is 0 Å². The summed E-state index contributed by atoms with van der Waals surface area (Å²) < 4.78 is 5.14. The Balaban J connectivity index is 2.90. The highest BCUT2D eigenvalue weighted by molar-refractivity contribution is 5.99. The van der Waals surface area contributed by atoms with Crippen LogP contribution in [0, 0.1) is 5.92 Å². The quantitative estimate of drug-likeness (QED) is 0.397. The number of nitrogens with two attached hydrogens (primary N) is 1. The first-order chi connectivity index (χ1) is 5.25. The van der Waals surface area contributed by atoms with Crippen molar-refractivity contribution in [1.29, 1.82) is 0 Å². The maximum atomic E-state index is 5.19. The van der Waals surface area contributed by atoms with E-state index in [9.17, 15) is 0 Å². The van der Waals surface area contributed by atoms with Crippen LogP contribution < -0.4 is 5.84 Å². The molecule has 0 aliphatic rings. The molecule has 1 heterocycles. The molecule has 0 saturated carbocycles. The van der Waals surface area contributed by atoms with Crippen molar-refractivity contribution in [3.8, 4) is 0 Å². The van der Waals surface area contributed by atoms with Crippen LogP contribution in [0.1, 0.15) is 19.6 Å². The van der Waals surface area contributed by atoms with E-state index in [1.54, 1.807) is 6.26 Å². The minimum Gasteiger partial charge on any atom is -0.463 e. The fourth-order valence-corrected chi connectivity index (χ4v) is 0.922. The van der Waals surface area contributed by atoms with Gasteiger partial charge in [0.05, 0.1) is 6.26 Å². The Hall–Kier alpha value is -1.25. The second kappa shape index (κ2) is 3.23. The van der Waals surface area contributed by atoms with Crippen molar-refractivity contribution in [3.63, 3.8) is 0 Å². The molecule has 0 atom stereocenters. The largest absolute Gasteiger partial charge is 0.463 e. The number of hydrogen-bond donors (Lipinski definition) is 1. The van der Waals surface area contributed by atoms with Crippen molar-refractivity contribution in [2.24, 2.45) is 16.9 Å². The number of nitrogens with zero attached hydrogens (tertiary/aromatic N) is 1. The van der Waals surface area contributed by atoms with Gasteiger partial charge in [0.25, 0.3) is 0 Å². The molecule has 1 aromatic heterocycles. The molecule has 0 saturated heterocycles. The van der Waals surface area contributed by atoms with E-state index in [1.165, 1.54) is 0 Å². The van der Waals surface area contributed by atoms with Gasteiger partial charge in [-0.1, -0.05) is 13.8 Å². The normalized spacial score (nSPS) is 12.5. The average Bonchev–Trinajstić information content (AvgIpc) is 2.40. The van der Waals surface area contributed by atoms with Crippen molar-refractivity contribution in [1.82, 2.24) is 0 Å². The van der Waals surface area contributed by atoms with Crippen molar-refractivity contribution < 1.29 is 4.42 Å². The summed E-state index contributed by atoms with van der Waals surface area (Å²) in [5.41, 5.74) is 0.801. The van der Waals surface area contributed by atoms with E-state index in [2.05, 4.69) is 5.10 Å². The highest BCUT2D eigenvalue weighted by Gasteiger charge is 2.09. The van der Waals surface area contributed by atoms with Gasteiger partial charge in [0, 0.05) is 5.92 Å². The van der Waals surface area contributed by atoms with E-state index in [0.717, 1.165) is 11.5 Å². The molecule has 0 aromatic carbocycles. The maximum absolute atomic E-state index is 5.19. The Labute approximate surface area is 65.9 Å². The van der Waals surface area contributed by atoms with Crippen molar-refractivity contribution >= 4 is 5.71 Å². The van der Waals surface area contributed by atoms with Crippen LogP contribution in [-0.2, 0) is 0 Å². The predicted octanol–water partition coefficient (Wildman–Crippen LogP) is 1.60. The third-order valence-electron chi connectivity index (χ3n) is 1.46. The summed E-state index contributed by atoms with van der Waals surface area (Å²) in [6.07, 6.45) is 1.61. The Morgan fingerprint density at radius 2 is 2.36 bits per heavy atom. The van der Waals surface area contributed by atoms with Gasteiger partial charge in [-0.3, -0.25) is 0 Å². The van der Waals surface area contributed by atoms with E-state index >= 15 is 0 Å². The van der Waals surface area contributed by atoms with Crippen LogP contribution in [0.5, 0.6) is 0 Å². The van der Waals surface area contributed by atoms with Gasteiger partial charge in [-0.05, 0) is 12.1 Å². The molecular formula is C8H12N2O. The average molecular weight is 152 g/mol. The summed E-state index contributed by atoms with van der Waals surface area (Å²) in [4.78, 5) is 0. The zero-order valence-electron chi connectivity index (χ0n) is 6.74. The lowest BCUT2D eigenvalue weighted by atomic mass is 10.1. The molecule has 1 rings (SSSR count). The molecule has 11 heavy (non-hydrogen) atoms. The number of furan rings is 1. The second-order valence-corrected chi connectivity index (χ2v) is 2.65. The third kappa shape index (κ3) is 1.61. The van der Waals surface area contributed by atoms with Crippen LogP contribution in [0.2, 0.25) is 0 Å². The first-order valence-corrected chi connectivity index (χ1v) is 3.57. The van der Waals surface area contributed by atoms with E-state index in [1.807, 2.05) is 26.0 Å². The first kappa shape index (κ1) is 7.85. The molecule has 0 amide bonds. The van der Waals surface area contributed by atoms with Crippen molar-refractivity contribution in [3.05, 3.63) is 24.2 Å². The van der Waals surface area contributed by atoms with Gasteiger partial charge in [0.2, 0.25) is 0 Å². The van der Waals surface area contributed by atoms with E-state index in [4.69, 9.17) is 10.3 Å². The summed E-state index contributed by atoms with van der Waals surface area (Å²) in [5.74, 6) is 6.24. The molecule has 0 unspecified atom stereocenters. The summed E-state index contributed by atoms with van der Waals surface area (Å²) in [5, 5.41) is 3.65. The number of rotatable bonds is 2. The molecule has 0 radical (unpaired) electrons. The third-order valence-corrected chi connectivity index (χ3v) is 1.46. The predicted molar refractivity (Wildman–Crippen MR) is 44.3 cm³/mol. The molecular weight excluding hydrogens is 140 g/mol. The molecule has 0 fully saturated rings. The zero-order valence-corrected chi connectivity index (χ0v) is 6.74. The molecule has 0 bridgehead atoms. The SMILES string of the molecule is CC(C)C(=NN)c1ccco1. The van der Waals surface area contributed by atoms with Gasteiger partial charge in [-0.25, -0.2) is 0 Å². The molecule has 0 spiro atoms. The van der Waals surface area contributed by atoms with Crippen LogP contribution in [-0.4, -0.2) is 5.71 Å². The van der Waals surface area contributed by atoms with Gasteiger partial charge in [-0.15, -0.1) is 0 Å². The molecule has 0 aliphatic carbocycles. The zero-order chi connectivity index (χ0) is 8.27. The number of hydrazone groups is 1. The van der Waals surface area contributed by atoms with Crippen LogP contribution in [0.25, 0.3) is 0 Å². The lowest BCUT2D eigenvalue weighted by molar-refractivity contribution is 0.551. The monoisotopic (exact) mass is 152 g/mol. The minimum atomic E-state index is 0.297. The minimum absolute atomic E-state index is 0.297. The lowest BCUT2D eigenvalue weighted by Crippen LogP contribution is -2.10. The fourth-order valence-electron chi connectivity index (χ4n) is 0.922. The summed E-state index contributed by atoms with van der Waals surface area (Å²) in [6.45, 7) is 4.04. The molecule has 3 nitrogen and oxygen atoms in total. The standard InChI is InChI=1S/C8H12N2O/c1-6(2)8(10-9)7-4-3-5-11-7/h3-6H,9H2,1-2H3. The van der Waals surface area contributed by atoms with Crippen LogP contribution in [0.4, 0.5) is 0 Å². The van der Waals surface area contributed by atoms with E-state index in [-0.39, 0.29) is 0 Å². The highest BCUT2D eigenvalue weighted by atomic mass is 16.3. The molecule has 3 heteroatoms. The van der Waals surface area contributed by atoms with Crippen molar-refractivity contribution in [2.45, 2.75) is 13.8 Å². The molecule has 2 N–H and O–H groups in total. The lowest BCUT2D eigenvalue weighted by Gasteiger charge is -2.03. The van der Waals surface area contributed by atoms with Crippen LogP contribution in [0.3, 0.4) is 0 Å². The summed E-state index contributed by atoms with van der Waals surface area (Å²) in [6, 6.07) is 3.68. The topological polar surface area (TPSA) is 51.5 Å². The smallest absolute Gasteiger partial charge is 0.150 e. The van der Waals surface area contributed by atoms with E-state index in [0.29, 0.717) is 5.92 Å². The Morgan fingerprint density at radius 1 is 1.64 bits per heavy atom. The van der Waals surface area contributed by atoms with E-state index < -0.39 is 0 Å². The Morgan fingerprint density at radius 3 is 2.73 bits per heavy atom. The fraction of sp³-hybridized carbons (Fsp3) is 0.375. The van der Waals surface area contributed by atoms with Crippen molar-refractivity contribution in [2.75, 3.05) is 0 Å². The van der Waals surface area contributed by atoms with Crippen LogP contribution in [0.15, 0.2) is 27.9 Å². The Kier molecular flexibility index (Phi) is 2.31.